The molecule has 1 aromatic heterocycles. The quantitative estimate of drug-likeness (QED) is 0.654. The maximum atomic E-state index is 5.84. The highest BCUT2D eigenvalue weighted by molar-refractivity contribution is 5.61. The first-order valence-electron chi connectivity index (χ1n) is 6.85. The van der Waals surface area contributed by atoms with Gasteiger partial charge in [0, 0.05) is 11.1 Å². The lowest BCUT2D eigenvalue weighted by Gasteiger charge is -2.05. The summed E-state index contributed by atoms with van der Waals surface area (Å²) in [4.78, 5) is 4.35. The normalized spacial score (nSPS) is 10.9. The van der Waals surface area contributed by atoms with Crippen molar-refractivity contribution in [1.82, 2.24) is 4.98 Å². The first kappa shape index (κ1) is 12.7. The standard InChI is InChI=1S/C18H17NO/c1-13(2)14-8-10-15(11-9-14)17-12-19-18(20-17)16-6-4-3-5-7-16/h3-13H,1-2H3. The zero-order valence-corrected chi connectivity index (χ0v) is 11.7. The van der Waals surface area contributed by atoms with Gasteiger partial charge < -0.3 is 4.42 Å². The number of rotatable bonds is 3. The van der Waals surface area contributed by atoms with Crippen molar-refractivity contribution in [3.8, 4) is 22.8 Å². The molecule has 2 nitrogen and oxygen atoms in total. The van der Waals surface area contributed by atoms with Gasteiger partial charge in [-0.15, -0.1) is 0 Å². The summed E-state index contributed by atoms with van der Waals surface area (Å²) in [5.41, 5.74) is 3.39. The Labute approximate surface area is 119 Å². The molecule has 3 rings (SSSR count). The number of nitrogens with zero attached hydrogens (tertiary/aromatic N) is 1. The molecular formula is C18H17NO. The molecule has 0 aliphatic carbocycles. The van der Waals surface area contributed by atoms with Crippen molar-refractivity contribution in [2.24, 2.45) is 0 Å². The highest BCUT2D eigenvalue weighted by atomic mass is 16.4. The molecule has 0 N–H and O–H groups in total. The predicted molar refractivity (Wildman–Crippen MR) is 81.5 cm³/mol. The van der Waals surface area contributed by atoms with E-state index in [0.29, 0.717) is 11.8 Å². The monoisotopic (exact) mass is 263 g/mol. The topological polar surface area (TPSA) is 26.0 Å². The van der Waals surface area contributed by atoms with E-state index < -0.39 is 0 Å². The first-order chi connectivity index (χ1) is 9.74. The Morgan fingerprint density at radius 3 is 2.20 bits per heavy atom. The Hall–Kier alpha value is -2.35. The highest BCUT2D eigenvalue weighted by Crippen LogP contribution is 2.27. The van der Waals surface area contributed by atoms with E-state index in [0.717, 1.165) is 16.9 Å². The molecule has 2 aromatic carbocycles. The molecule has 0 radical (unpaired) electrons. The minimum Gasteiger partial charge on any atom is -0.436 e. The van der Waals surface area contributed by atoms with Crippen LogP contribution in [0.2, 0.25) is 0 Å². The van der Waals surface area contributed by atoms with Gasteiger partial charge in [0.2, 0.25) is 5.89 Å². The van der Waals surface area contributed by atoms with Gasteiger partial charge in [-0.05, 0) is 23.6 Å². The fourth-order valence-electron chi connectivity index (χ4n) is 2.15. The fraction of sp³-hybridized carbons (Fsp3) is 0.167. The number of hydrogen-bond acceptors (Lipinski definition) is 2. The van der Waals surface area contributed by atoms with Crippen LogP contribution in [0.5, 0.6) is 0 Å². The number of aromatic nitrogens is 1. The molecule has 100 valence electrons. The van der Waals surface area contributed by atoms with Crippen LogP contribution in [0.4, 0.5) is 0 Å². The van der Waals surface area contributed by atoms with Crippen LogP contribution in [-0.2, 0) is 0 Å². The van der Waals surface area contributed by atoms with E-state index in [1.807, 2.05) is 30.3 Å². The third kappa shape index (κ3) is 2.50. The summed E-state index contributed by atoms with van der Waals surface area (Å²) >= 11 is 0. The summed E-state index contributed by atoms with van der Waals surface area (Å²) in [6.45, 7) is 4.38. The molecule has 0 saturated carbocycles. The maximum Gasteiger partial charge on any atom is 0.226 e. The van der Waals surface area contributed by atoms with E-state index >= 15 is 0 Å². The van der Waals surface area contributed by atoms with E-state index in [4.69, 9.17) is 4.42 Å². The Morgan fingerprint density at radius 1 is 0.850 bits per heavy atom. The second-order valence-corrected chi connectivity index (χ2v) is 5.17. The van der Waals surface area contributed by atoms with Gasteiger partial charge in [-0.3, -0.25) is 0 Å². The van der Waals surface area contributed by atoms with Crippen LogP contribution >= 0.6 is 0 Å². The summed E-state index contributed by atoms with van der Waals surface area (Å²) in [5.74, 6) is 2.01. The largest absolute Gasteiger partial charge is 0.436 e. The van der Waals surface area contributed by atoms with E-state index in [9.17, 15) is 0 Å². The van der Waals surface area contributed by atoms with Crippen molar-refractivity contribution >= 4 is 0 Å². The van der Waals surface area contributed by atoms with Gasteiger partial charge in [0.15, 0.2) is 5.76 Å². The molecule has 1 heterocycles. The molecule has 0 saturated heterocycles. The predicted octanol–water partition coefficient (Wildman–Crippen LogP) is 5.13. The van der Waals surface area contributed by atoms with Gasteiger partial charge in [0.05, 0.1) is 6.20 Å². The number of benzene rings is 2. The second kappa shape index (κ2) is 5.33. The van der Waals surface area contributed by atoms with Crippen molar-refractivity contribution in [3.63, 3.8) is 0 Å². The molecule has 0 unspecified atom stereocenters. The third-order valence-corrected chi connectivity index (χ3v) is 3.39. The van der Waals surface area contributed by atoms with Crippen LogP contribution < -0.4 is 0 Å². The van der Waals surface area contributed by atoms with Crippen LogP contribution in [-0.4, -0.2) is 4.98 Å². The van der Waals surface area contributed by atoms with Gasteiger partial charge >= 0.3 is 0 Å². The molecule has 3 aromatic rings. The molecule has 0 aliphatic heterocycles. The Morgan fingerprint density at radius 2 is 1.55 bits per heavy atom. The van der Waals surface area contributed by atoms with Gasteiger partial charge in [0.25, 0.3) is 0 Å². The van der Waals surface area contributed by atoms with Gasteiger partial charge in [-0.2, -0.15) is 0 Å². The summed E-state index contributed by atoms with van der Waals surface area (Å²) in [6.07, 6.45) is 1.78. The Bertz CT molecular complexity index is 681. The fourth-order valence-corrected chi connectivity index (χ4v) is 2.15. The van der Waals surface area contributed by atoms with Crippen LogP contribution in [0.3, 0.4) is 0 Å². The van der Waals surface area contributed by atoms with Crippen molar-refractivity contribution in [1.29, 1.82) is 0 Å². The highest BCUT2D eigenvalue weighted by Gasteiger charge is 2.08. The zero-order valence-electron chi connectivity index (χ0n) is 11.7. The van der Waals surface area contributed by atoms with Crippen LogP contribution in [0.1, 0.15) is 25.3 Å². The lowest BCUT2D eigenvalue weighted by Crippen LogP contribution is -1.85. The molecule has 0 bridgehead atoms. The SMILES string of the molecule is CC(C)c1ccc(-c2cnc(-c3ccccc3)o2)cc1. The summed E-state index contributed by atoms with van der Waals surface area (Å²) in [5, 5.41) is 0. The Kier molecular flexibility index (Phi) is 3.38. The van der Waals surface area contributed by atoms with E-state index in [1.54, 1.807) is 6.20 Å². The van der Waals surface area contributed by atoms with Crippen LogP contribution in [0.25, 0.3) is 22.8 Å². The molecule has 20 heavy (non-hydrogen) atoms. The molecule has 0 fully saturated rings. The summed E-state index contributed by atoms with van der Waals surface area (Å²) in [7, 11) is 0. The molecule has 0 atom stereocenters. The molecule has 2 heteroatoms. The van der Waals surface area contributed by atoms with E-state index in [2.05, 4.69) is 43.1 Å². The van der Waals surface area contributed by atoms with Crippen LogP contribution in [0.15, 0.2) is 65.2 Å². The summed E-state index contributed by atoms with van der Waals surface area (Å²) in [6, 6.07) is 18.4. The number of hydrogen-bond donors (Lipinski definition) is 0. The molecule has 0 amide bonds. The van der Waals surface area contributed by atoms with E-state index in [-0.39, 0.29) is 0 Å². The lowest BCUT2D eigenvalue weighted by molar-refractivity contribution is 0.589. The molecule has 0 spiro atoms. The van der Waals surface area contributed by atoms with Crippen molar-refractivity contribution in [3.05, 3.63) is 66.4 Å². The minimum absolute atomic E-state index is 0.540. The Balaban J connectivity index is 1.90. The van der Waals surface area contributed by atoms with E-state index in [1.165, 1.54) is 5.56 Å². The smallest absolute Gasteiger partial charge is 0.226 e. The average Bonchev–Trinajstić information content (AvgIpc) is 2.98. The van der Waals surface area contributed by atoms with Gasteiger partial charge in [0.1, 0.15) is 0 Å². The van der Waals surface area contributed by atoms with Gasteiger partial charge in [-0.25, -0.2) is 4.98 Å². The lowest BCUT2D eigenvalue weighted by atomic mass is 10.0. The van der Waals surface area contributed by atoms with Gasteiger partial charge in [-0.1, -0.05) is 56.3 Å². The molecular weight excluding hydrogens is 246 g/mol. The van der Waals surface area contributed by atoms with Crippen LogP contribution in [0, 0.1) is 0 Å². The first-order valence-corrected chi connectivity index (χ1v) is 6.85. The minimum atomic E-state index is 0.540. The molecule has 0 aliphatic rings. The average molecular weight is 263 g/mol. The third-order valence-electron chi connectivity index (χ3n) is 3.39. The zero-order chi connectivity index (χ0) is 13.9. The second-order valence-electron chi connectivity index (χ2n) is 5.17. The van der Waals surface area contributed by atoms with Crippen molar-refractivity contribution in [2.45, 2.75) is 19.8 Å². The van der Waals surface area contributed by atoms with Crippen molar-refractivity contribution < 1.29 is 4.42 Å². The van der Waals surface area contributed by atoms with Crippen molar-refractivity contribution in [2.75, 3.05) is 0 Å². The number of oxazole rings is 1. The maximum absolute atomic E-state index is 5.84. The summed E-state index contributed by atoms with van der Waals surface area (Å²) < 4.78 is 5.84.